The molecule has 2 aromatic rings. The van der Waals surface area contributed by atoms with Crippen LogP contribution in [0.25, 0.3) is 6.08 Å². The van der Waals surface area contributed by atoms with Crippen LogP contribution in [0.1, 0.15) is 37.8 Å². The number of aliphatic carboxylic acids is 1. The molecular weight excluding hydrogens is 476 g/mol. The van der Waals surface area contributed by atoms with E-state index >= 15 is 0 Å². The number of rotatable bonds is 15. The smallest absolute Gasteiger partial charge is 0.371 e. The third-order valence-corrected chi connectivity index (χ3v) is 5.16. The molecule has 0 fully saturated rings. The SMILES string of the molecule is CCCCOc1cc(/C=C(/OCC)C(=O)O)ccc1OCCc1ccc(OS(C)(=O)=O)cc1OC. The number of ether oxygens (including phenoxy) is 4. The van der Waals surface area contributed by atoms with Crippen LogP contribution in [0.15, 0.2) is 42.2 Å². The first-order valence-electron chi connectivity index (χ1n) is 11.2. The van der Waals surface area contributed by atoms with Gasteiger partial charge in [0.25, 0.3) is 0 Å². The van der Waals surface area contributed by atoms with Crippen molar-refractivity contribution < 1.29 is 41.4 Å². The van der Waals surface area contributed by atoms with Crippen LogP contribution in [0.5, 0.6) is 23.0 Å². The molecular formula is C25H32O9S. The van der Waals surface area contributed by atoms with Crippen molar-refractivity contribution in [2.45, 2.75) is 33.1 Å². The summed E-state index contributed by atoms with van der Waals surface area (Å²) in [5.74, 6) is 0.349. The van der Waals surface area contributed by atoms with Crippen LogP contribution in [0.2, 0.25) is 0 Å². The number of carboxylic acids is 1. The van der Waals surface area contributed by atoms with Gasteiger partial charge in [0, 0.05) is 12.5 Å². The summed E-state index contributed by atoms with van der Waals surface area (Å²) < 4.78 is 50.0. The van der Waals surface area contributed by atoms with E-state index in [1.165, 1.54) is 19.3 Å². The van der Waals surface area contributed by atoms with E-state index < -0.39 is 16.1 Å². The summed E-state index contributed by atoms with van der Waals surface area (Å²) in [4.78, 5) is 11.4. The van der Waals surface area contributed by atoms with Gasteiger partial charge in [-0.2, -0.15) is 8.42 Å². The zero-order valence-corrected chi connectivity index (χ0v) is 21.2. The van der Waals surface area contributed by atoms with Crippen LogP contribution in [-0.4, -0.2) is 52.7 Å². The van der Waals surface area contributed by atoms with Gasteiger partial charge in [-0.15, -0.1) is 0 Å². The highest BCUT2D eigenvalue weighted by Crippen LogP contribution is 2.31. The van der Waals surface area contributed by atoms with Crippen molar-refractivity contribution in [1.29, 1.82) is 0 Å². The molecule has 0 aliphatic rings. The van der Waals surface area contributed by atoms with Crippen molar-refractivity contribution >= 4 is 22.2 Å². The van der Waals surface area contributed by atoms with Gasteiger partial charge in [-0.25, -0.2) is 4.79 Å². The van der Waals surface area contributed by atoms with E-state index in [1.807, 2.05) is 0 Å². The van der Waals surface area contributed by atoms with E-state index in [4.69, 9.17) is 23.1 Å². The second-order valence-corrected chi connectivity index (χ2v) is 9.09. The van der Waals surface area contributed by atoms with Gasteiger partial charge in [-0.1, -0.05) is 25.5 Å². The lowest BCUT2D eigenvalue weighted by atomic mass is 10.1. The van der Waals surface area contributed by atoms with Crippen molar-refractivity contribution in [1.82, 2.24) is 0 Å². The Labute approximate surface area is 206 Å². The van der Waals surface area contributed by atoms with Gasteiger partial charge in [-0.05, 0) is 48.7 Å². The van der Waals surface area contributed by atoms with E-state index in [1.54, 1.807) is 37.3 Å². The van der Waals surface area contributed by atoms with Crippen molar-refractivity contribution in [3.63, 3.8) is 0 Å². The molecule has 2 aromatic carbocycles. The highest BCUT2D eigenvalue weighted by Gasteiger charge is 2.13. The molecule has 0 spiro atoms. The number of carboxylic acid groups (broad SMARTS) is 1. The Morgan fingerprint density at radius 2 is 1.74 bits per heavy atom. The Morgan fingerprint density at radius 3 is 2.37 bits per heavy atom. The molecule has 35 heavy (non-hydrogen) atoms. The van der Waals surface area contributed by atoms with Crippen LogP contribution in [0.4, 0.5) is 0 Å². The predicted molar refractivity (Wildman–Crippen MR) is 132 cm³/mol. The number of unbranched alkanes of at least 4 members (excludes halogenated alkanes) is 1. The van der Waals surface area contributed by atoms with Gasteiger partial charge in [0.2, 0.25) is 5.76 Å². The molecule has 0 heterocycles. The van der Waals surface area contributed by atoms with Gasteiger partial charge in [0.05, 0.1) is 33.2 Å². The normalized spacial score (nSPS) is 11.6. The number of methoxy groups -OCH3 is 1. The molecule has 9 nitrogen and oxygen atoms in total. The second kappa shape index (κ2) is 13.5. The average Bonchev–Trinajstić information content (AvgIpc) is 2.79. The molecule has 192 valence electrons. The molecule has 0 aliphatic carbocycles. The first-order valence-corrected chi connectivity index (χ1v) is 13.0. The third kappa shape index (κ3) is 9.40. The Bertz CT molecular complexity index is 1120. The predicted octanol–water partition coefficient (Wildman–Crippen LogP) is 4.30. The molecule has 0 saturated carbocycles. The van der Waals surface area contributed by atoms with Crippen LogP contribution < -0.4 is 18.4 Å². The lowest BCUT2D eigenvalue weighted by Crippen LogP contribution is -2.08. The molecule has 0 saturated heterocycles. The van der Waals surface area contributed by atoms with Crippen molar-refractivity contribution in [3.05, 3.63) is 53.3 Å². The minimum Gasteiger partial charge on any atom is -0.496 e. The number of hydrogen-bond donors (Lipinski definition) is 1. The number of carbonyl (C=O) groups is 1. The first kappa shape index (κ1) is 27.8. The largest absolute Gasteiger partial charge is 0.496 e. The summed E-state index contributed by atoms with van der Waals surface area (Å²) >= 11 is 0. The summed E-state index contributed by atoms with van der Waals surface area (Å²) in [6.45, 7) is 4.80. The highest BCUT2D eigenvalue weighted by molar-refractivity contribution is 7.86. The number of benzene rings is 2. The summed E-state index contributed by atoms with van der Waals surface area (Å²) in [6, 6.07) is 9.94. The summed E-state index contributed by atoms with van der Waals surface area (Å²) in [5.41, 5.74) is 1.42. The van der Waals surface area contributed by atoms with Crippen LogP contribution >= 0.6 is 0 Å². The lowest BCUT2D eigenvalue weighted by Gasteiger charge is -2.15. The van der Waals surface area contributed by atoms with E-state index in [9.17, 15) is 18.3 Å². The fourth-order valence-electron chi connectivity index (χ4n) is 3.07. The Hall–Kier alpha value is -3.40. The molecule has 10 heteroatoms. The second-order valence-electron chi connectivity index (χ2n) is 7.51. The van der Waals surface area contributed by atoms with Crippen molar-refractivity contribution in [2.75, 3.05) is 33.2 Å². The maximum atomic E-state index is 11.4. The molecule has 2 rings (SSSR count). The summed E-state index contributed by atoms with van der Waals surface area (Å²) in [5, 5.41) is 9.31. The Morgan fingerprint density at radius 1 is 1.00 bits per heavy atom. The molecule has 0 unspecified atom stereocenters. The molecule has 0 bridgehead atoms. The molecule has 0 aromatic heterocycles. The highest BCUT2D eigenvalue weighted by atomic mass is 32.2. The molecule has 0 aliphatic heterocycles. The summed E-state index contributed by atoms with van der Waals surface area (Å²) in [6.07, 6.45) is 4.71. The van der Waals surface area contributed by atoms with E-state index in [0.717, 1.165) is 24.7 Å². The molecule has 0 atom stereocenters. The quantitative estimate of drug-likeness (QED) is 0.163. The van der Waals surface area contributed by atoms with Gasteiger partial charge in [0.1, 0.15) is 11.5 Å². The topological polar surface area (TPSA) is 118 Å². The third-order valence-electron chi connectivity index (χ3n) is 4.67. The minimum absolute atomic E-state index is 0.156. The fourth-order valence-corrected chi connectivity index (χ4v) is 3.53. The maximum Gasteiger partial charge on any atom is 0.371 e. The van der Waals surface area contributed by atoms with Crippen LogP contribution in [0, 0.1) is 0 Å². The Balaban J connectivity index is 2.18. The molecule has 1 N–H and O–H groups in total. The van der Waals surface area contributed by atoms with Crippen molar-refractivity contribution in [2.24, 2.45) is 0 Å². The van der Waals surface area contributed by atoms with Gasteiger partial charge in [0.15, 0.2) is 11.5 Å². The molecule has 0 radical (unpaired) electrons. The minimum atomic E-state index is -3.64. The first-order chi connectivity index (χ1) is 16.7. The Kier molecular flexibility index (Phi) is 10.7. The standard InChI is InChI=1S/C25H32O9S/c1-5-7-13-32-23-15-18(16-24(25(26)27)31-6-2)8-11-21(23)33-14-12-19-9-10-20(17-22(19)30-3)34-35(4,28)29/h8-11,15-17H,5-7,12-14H2,1-4H3,(H,26,27)/b24-16+. The van der Waals surface area contributed by atoms with Gasteiger partial charge in [-0.3, -0.25) is 0 Å². The van der Waals surface area contributed by atoms with E-state index in [0.29, 0.717) is 42.4 Å². The lowest BCUT2D eigenvalue weighted by molar-refractivity contribution is -0.136. The van der Waals surface area contributed by atoms with E-state index in [-0.39, 0.29) is 18.1 Å². The zero-order valence-electron chi connectivity index (χ0n) is 20.4. The average molecular weight is 509 g/mol. The van der Waals surface area contributed by atoms with Crippen molar-refractivity contribution in [3.8, 4) is 23.0 Å². The summed E-state index contributed by atoms with van der Waals surface area (Å²) in [7, 11) is -2.15. The van der Waals surface area contributed by atoms with Gasteiger partial charge < -0.3 is 28.2 Å². The fraction of sp³-hybridized carbons (Fsp3) is 0.400. The zero-order chi connectivity index (χ0) is 25.8. The number of hydrogen-bond acceptors (Lipinski definition) is 8. The van der Waals surface area contributed by atoms with E-state index in [2.05, 4.69) is 6.92 Å². The van der Waals surface area contributed by atoms with Crippen LogP contribution in [0.3, 0.4) is 0 Å². The monoisotopic (exact) mass is 508 g/mol. The van der Waals surface area contributed by atoms with Gasteiger partial charge >= 0.3 is 16.1 Å². The maximum absolute atomic E-state index is 11.4. The van der Waals surface area contributed by atoms with Crippen LogP contribution in [-0.2, 0) is 26.1 Å². The molecule has 0 amide bonds.